The van der Waals surface area contributed by atoms with E-state index in [0.717, 1.165) is 29.7 Å². The minimum atomic E-state index is -0.144. The number of rotatable bonds is 3. The van der Waals surface area contributed by atoms with Gasteiger partial charge in [0.1, 0.15) is 0 Å². The maximum Gasteiger partial charge on any atom is 0.271 e. The van der Waals surface area contributed by atoms with Gasteiger partial charge in [0, 0.05) is 11.3 Å². The monoisotopic (exact) mass is 278 g/mol. The van der Waals surface area contributed by atoms with E-state index < -0.39 is 0 Å². The van der Waals surface area contributed by atoms with Crippen molar-refractivity contribution in [3.05, 3.63) is 60.2 Å². The topological polar surface area (TPSA) is 41.5 Å². The lowest BCUT2D eigenvalue weighted by atomic mass is 10.0. The highest BCUT2D eigenvalue weighted by Crippen LogP contribution is 2.19. The van der Waals surface area contributed by atoms with Crippen molar-refractivity contribution in [3.8, 4) is 11.1 Å². The third-order valence-electron chi connectivity index (χ3n) is 3.75. The van der Waals surface area contributed by atoms with Crippen molar-refractivity contribution in [1.29, 1.82) is 0 Å². The zero-order valence-electron chi connectivity index (χ0n) is 11.9. The van der Waals surface area contributed by atoms with Crippen LogP contribution in [-0.4, -0.2) is 11.6 Å². The fraction of sp³-hybridized carbons (Fsp3) is 0.222. The van der Waals surface area contributed by atoms with Gasteiger partial charge in [-0.2, -0.15) is 5.10 Å². The SMILES string of the molecule is O=C(NN=C1CCCC1)c1ccc(-c2ccccc2)cc1. The molecule has 0 spiro atoms. The predicted octanol–water partition coefficient (Wildman–Crippen LogP) is 4.01. The zero-order chi connectivity index (χ0) is 14.5. The van der Waals surface area contributed by atoms with Crippen molar-refractivity contribution >= 4 is 11.6 Å². The minimum Gasteiger partial charge on any atom is -0.267 e. The molecule has 2 aromatic rings. The second kappa shape index (κ2) is 6.35. The number of carbonyl (C=O) groups excluding carboxylic acids is 1. The molecule has 1 amide bonds. The molecular formula is C18H18N2O. The van der Waals surface area contributed by atoms with Gasteiger partial charge in [-0.1, -0.05) is 42.5 Å². The maximum atomic E-state index is 12.0. The van der Waals surface area contributed by atoms with Gasteiger partial charge < -0.3 is 0 Å². The first-order chi connectivity index (χ1) is 10.3. The molecule has 1 aliphatic carbocycles. The van der Waals surface area contributed by atoms with Gasteiger partial charge in [0.2, 0.25) is 0 Å². The van der Waals surface area contributed by atoms with Crippen LogP contribution in [0.4, 0.5) is 0 Å². The number of hydrogen-bond donors (Lipinski definition) is 1. The van der Waals surface area contributed by atoms with Crippen molar-refractivity contribution in [2.75, 3.05) is 0 Å². The first-order valence-electron chi connectivity index (χ1n) is 7.34. The molecule has 0 aromatic heterocycles. The normalized spacial score (nSPS) is 14.0. The summed E-state index contributed by atoms with van der Waals surface area (Å²) in [6, 6.07) is 17.7. The smallest absolute Gasteiger partial charge is 0.267 e. The molecule has 1 fully saturated rings. The molecule has 1 aliphatic rings. The molecule has 0 atom stereocenters. The summed E-state index contributed by atoms with van der Waals surface area (Å²) in [6.07, 6.45) is 4.38. The molecule has 1 N–H and O–H groups in total. The summed E-state index contributed by atoms with van der Waals surface area (Å²) in [4.78, 5) is 12.0. The molecule has 0 bridgehead atoms. The van der Waals surface area contributed by atoms with Crippen molar-refractivity contribution in [1.82, 2.24) is 5.43 Å². The molecule has 0 radical (unpaired) electrons. The Hall–Kier alpha value is -2.42. The molecule has 3 rings (SSSR count). The van der Waals surface area contributed by atoms with Crippen LogP contribution in [0.2, 0.25) is 0 Å². The molecule has 1 saturated carbocycles. The molecule has 2 aromatic carbocycles. The number of hydrogen-bond acceptors (Lipinski definition) is 2. The standard InChI is InChI=1S/C18H18N2O/c21-18(20-19-17-8-4-5-9-17)16-12-10-15(11-13-16)14-6-2-1-3-7-14/h1-3,6-7,10-13H,4-5,8-9H2,(H,20,21). The third-order valence-corrected chi connectivity index (χ3v) is 3.75. The van der Waals surface area contributed by atoms with E-state index in [1.807, 2.05) is 42.5 Å². The summed E-state index contributed by atoms with van der Waals surface area (Å²) in [5, 5.41) is 4.20. The van der Waals surface area contributed by atoms with Crippen molar-refractivity contribution < 1.29 is 4.79 Å². The van der Waals surface area contributed by atoms with E-state index >= 15 is 0 Å². The Kier molecular flexibility index (Phi) is 4.10. The fourth-order valence-electron chi connectivity index (χ4n) is 2.53. The number of nitrogens with one attached hydrogen (secondary N) is 1. The summed E-state index contributed by atoms with van der Waals surface area (Å²) in [7, 11) is 0. The molecule has 0 unspecified atom stereocenters. The first kappa shape index (κ1) is 13.6. The highest BCUT2D eigenvalue weighted by atomic mass is 16.2. The van der Waals surface area contributed by atoms with Crippen LogP contribution >= 0.6 is 0 Å². The van der Waals surface area contributed by atoms with Crippen LogP contribution in [0.25, 0.3) is 11.1 Å². The van der Waals surface area contributed by atoms with Crippen LogP contribution < -0.4 is 5.43 Å². The first-order valence-corrected chi connectivity index (χ1v) is 7.34. The van der Waals surface area contributed by atoms with Gasteiger partial charge in [0.15, 0.2) is 0 Å². The van der Waals surface area contributed by atoms with E-state index in [9.17, 15) is 4.79 Å². The van der Waals surface area contributed by atoms with E-state index in [4.69, 9.17) is 0 Å². The van der Waals surface area contributed by atoms with Crippen LogP contribution in [0.1, 0.15) is 36.0 Å². The molecule has 0 heterocycles. The second-order valence-electron chi connectivity index (χ2n) is 5.27. The molecule has 3 nitrogen and oxygen atoms in total. The Bertz CT molecular complexity index is 637. The van der Waals surface area contributed by atoms with Crippen molar-refractivity contribution in [3.63, 3.8) is 0 Å². The Morgan fingerprint density at radius 3 is 2.14 bits per heavy atom. The Labute approximate surface area is 124 Å². The minimum absolute atomic E-state index is 0.144. The summed E-state index contributed by atoms with van der Waals surface area (Å²) in [6.45, 7) is 0. The van der Waals surface area contributed by atoms with Crippen molar-refractivity contribution in [2.24, 2.45) is 5.10 Å². The van der Waals surface area contributed by atoms with E-state index in [1.54, 1.807) is 0 Å². The molecule has 106 valence electrons. The second-order valence-corrected chi connectivity index (χ2v) is 5.27. The lowest BCUT2D eigenvalue weighted by Gasteiger charge is -2.04. The van der Waals surface area contributed by atoms with E-state index in [2.05, 4.69) is 22.7 Å². The average Bonchev–Trinajstić information content (AvgIpc) is 3.07. The number of amides is 1. The largest absolute Gasteiger partial charge is 0.271 e. The highest BCUT2D eigenvalue weighted by molar-refractivity contribution is 5.96. The number of carbonyl (C=O) groups is 1. The van der Waals surface area contributed by atoms with Crippen LogP contribution in [0.15, 0.2) is 59.7 Å². The summed E-state index contributed by atoms with van der Waals surface area (Å²) in [5.74, 6) is -0.144. The zero-order valence-corrected chi connectivity index (χ0v) is 11.9. The summed E-state index contributed by atoms with van der Waals surface area (Å²) < 4.78 is 0. The number of hydrazone groups is 1. The van der Waals surface area contributed by atoms with E-state index in [0.29, 0.717) is 5.56 Å². The summed E-state index contributed by atoms with van der Waals surface area (Å²) >= 11 is 0. The fourth-order valence-corrected chi connectivity index (χ4v) is 2.53. The third kappa shape index (κ3) is 3.37. The van der Waals surface area contributed by atoms with Gasteiger partial charge in [-0.25, -0.2) is 5.43 Å². The molecule has 21 heavy (non-hydrogen) atoms. The highest BCUT2D eigenvalue weighted by Gasteiger charge is 2.09. The molecule has 0 saturated heterocycles. The van der Waals surface area contributed by atoms with E-state index in [-0.39, 0.29) is 5.91 Å². The molecule has 3 heteroatoms. The number of nitrogens with zero attached hydrogens (tertiary/aromatic N) is 1. The molecular weight excluding hydrogens is 260 g/mol. The van der Waals surface area contributed by atoms with Gasteiger partial charge in [-0.05, 0) is 48.9 Å². The van der Waals surface area contributed by atoms with Crippen LogP contribution in [0.5, 0.6) is 0 Å². The van der Waals surface area contributed by atoms with Crippen LogP contribution in [0, 0.1) is 0 Å². The van der Waals surface area contributed by atoms with Crippen LogP contribution in [-0.2, 0) is 0 Å². The average molecular weight is 278 g/mol. The van der Waals surface area contributed by atoms with E-state index in [1.165, 1.54) is 12.8 Å². The van der Waals surface area contributed by atoms with Gasteiger partial charge in [-0.3, -0.25) is 4.79 Å². The lowest BCUT2D eigenvalue weighted by molar-refractivity contribution is 0.0954. The van der Waals surface area contributed by atoms with Crippen molar-refractivity contribution in [2.45, 2.75) is 25.7 Å². The van der Waals surface area contributed by atoms with Gasteiger partial charge in [-0.15, -0.1) is 0 Å². The molecule has 0 aliphatic heterocycles. The Morgan fingerprint density at radius 1 is 0.857 bits per heavy atom. The van der Waals surface area contributed by atoms with Crippen LogP contribution in [0.3, 0.4) is 0 Å². The van der Waals surface area contributed by atoms with Gasteiger partial charge in [0.05, 0.1) is 0 Å². The quantitative estimate of drug-likeness (QED) is 0.847. The lowest BCUT2D eigenvalue weighted by Crippen LogP contribution is -2.18. The summed E-state index contributed by atoms with van der Waals surface area (Å²) in [5.41, 5.74) is 6.64. The Balaban J connectivity index is 1.69. The van der Waals surface area contributed by atoms with Gasteiger partial charge >= 0.3 is 0 Å². The van der Waals surface area contributed by atoms with Gasteiger partial charge in [0.25, 0.3) is 5.91 Å². The maximum absolute atomic E-state index is 12.0. The number of benzene rings is 2. The predicted molar refractivity (Wildman–Crippen MR) is 85.2 cm³/mol. The Morgan fingerprint density at radius 2 is 1.48 bits per heavy atom.